The maximum absolute atomic E-state index is 13.9. The fourth-order valence-electron chi connectivity index (χ4n) is 2.63. The molecule has 0 atom stereocenters. The number of rotatable bonds is 10. The molecule has 1 heterocycles. The van der Waals surface area contributed by atoms with Crippen molar-refractivity contribution in [3.63, 3.8) is 0 Å². The second-order valence-corrected chi connectivity index (χ2v) is 8.14. The Morgan fingerprint density at radius 1 is 1.25 bits per heavy atom. The molecule has 0 radical (unpaired) electrons. The summed E-state index contributed by atoms with van der Waals surface area (Å²) >= 11 is 4.16. The van der Waals surface area contributed by atoms with Gasteiger partial charge in [-0.2, -0.15) is 0 Å². The molecule has 0 aliphatic heterocycles. The molecule has 11 heteroatoms. The number of carbonyl (C=O) groups excluding carboxylic acids is 1. The van der Waals surface area contributed by atoms with Crippen molar-refractivity contribution < 1.29 is 23.0 Å². The highest BCUT2D eigenvalue weighted by Gasteiger charge is 2.16. The highest BCUT2D eigenvalue weighted by molar-refractivity contribution is 9.10. The highest BCUT2D eigenvalue weighted by Crippen LogP contribution is 2.27. The Morgan fingerprint density at radius 2 is 1.97 bits per heavy atom. The Morgan fingerprint density at radius 3 is 2.62 bits per heavy atom. The van der Waals surface area contributed by atoms with Gasteiger partial charge < -0.3 is 14.8 Å². The van der Waals surface area contributed by atoms with E-state index in [-0.39, 0.29) is 22.5 Å². The van der Waals surface area contributed by atoms with E-state index in [0.717, 1.165) is 23.6 Å². The lowest BCUT2D eigenvalue weighted by molar-refractivity contribution is -0.113. The fraction of sp³-hybridized carbons (Fsp3) is 0.190. The molecule has 1 amide bonds. The monoisotopic (exact) mass is 524 g/mol. The van der Waals surface area contributed by atoms with Crippen molar-refractivity contribution in [1.29, 1.82) is 0 Å². The number of carbonyl (C=O) groups is 1. The molecule has 7 nitrogen and oxygen atoms in total. The van der Waals surface area contributed by atoms with Crippen LogP contribution in [-0.4, -0.2) is 33.5 Å². The number of amides is 1. The van der Waals surface area contributed by atoms with Crippen LogP contribution in [0.5, 0.6) is 11.5 Å². The van der Waals surface area contributed by atoms with Crippen LogP contribution in [0, 0.1) is 11.6 Å². The average Bonchev–Trinajstić information content (AvgIpc) is 3.15. The number of hydrogen-bond donors (Lipinski definition) is 1. The van der Waals surface area contributed by atoms with Gasteiger partial charge in [0.2, 0.25) is 5.91 Å². The predicted molar refractivity (Wildman–Crippen MR) is 121 cm³/mol. The van der Waals surface area contributed by atoms with Crippen molar-refractivity contribution in [2.24, 2.45) is 0 Å². The number of methoxy groups -OCH3 is 1. The SMILES string of the molecule is C=CCn1c(COc2ccc(OC)cc2)nnc1SCC(=O)Nc1c(F)cc(F)cc1Br. The van der Waals surface area contributed by atoms with Gasteiger partial charge in [-0.05, 0) is 46.3 Å². The summed E-state index contributed by atoms with van der Waals surface area (Å²) < 4.78 is 39.9. The van der Waals surface area contributed by atoms with Crippen LogP contribution in [0.2, 0.25) is 0 Å². The first kappa shape index (κ1) is 23.7. The number of anilines is 1. The maximum Gasteiger partial charge on any atom is 0.234 e. The molecular weight excluding hydrogens is 506 g/mol. The van der Waals surface area contributed by atoms with Crippen molar-refractivity contribution >= 4 is 39.3 Å². The number of hydrogen-bond acceptors (Lipinski definition) is 6. The molecule has 0 aliphatic rings. The van der Waals surface area contributed by atoms with Crippen molar-refractivity contribution in [2.45, 2.75) is 18.3 Å². The molecule has 3 aromatic rings. The highest BCUT2D eigenvalue weighted by atomic mass is 79.9. The molecule has 0 saturated heterocycles. The molecule has 0 saturated carbocycles. The molecule has 168 valence electrons. The summed E-state index contributed by atoms with van der Waals surface area (Å²) in [7, 11) is 1.59. The first-order valence-electron chi connectivity index (χ1n) is 9.28. The molecule has 32 heavy (non-hydrogen) atoms. The van der Waals surface area contributed by atoms with Crippen LogP contribution in [0.15, 0.2) is 58.7 Å². The summed E-state index contributed by atoms with van der Waals surface area (Å²) in [5.74, 6) is -0.248. The van der Waals surface area contributed by atoms with E-state index < -0.39 is 17.5 Å². The second-order valence-electron chi connectivity index (χ2n) is 6.34. The fourth-order valence-corrected chi connectivity index (χ4v) is 3.91. The van der Waals surface area contributed by atoms with Gasteiger partial charge in [0.05, 0.1) is 18.6 Å². The van der Waals surface area contributed by atoms with E-state index in [9.17, 15) is 13.6 Å². The molecule has 2 aromatic carbocycles. The minimum absolute atomic E-state index is 0.0577. The number of thioether (sulfide) groups is 1. The first-order valence-corrected chi connectivity index (χ1v) is 11.1. The quantitative estimate of drug-likeness (QED) is 0.302. The van der Waals surface area contributed by atoms with Crippen LogP contribution in [0.4, 0.5) is 14.5 Å². The number of ether oxygens (including phenoxy) is 2. The third-order valence-electron chi connectivity index (χ3n) is 4.14. The Bertz CT molecular complexity index is 1090. The molecule has 1 N–H and O–H groups in total. The molecule has 0 spiro atoms. The van der Waals surface area contributed by atoms with E-state index in [4.69, 9.17) is 9.47 Å². The van der Waals surface area contributed by atoms with E-state index in [1.54, 1.807) is 42.0 Å². The number of nitrogens with one attached hydrogen (secondary N) is 1. The summed E-state index contributed by atoms with van der Waals surface area (Å²) in [4.78, 5) is 12.3. The molecule has 0 unspecified atom stereocenters. The van der Waals surface area contributed by atoms with Gasteiger partial charge in [-0.25, -0.2) is 8.78 Å². The Kier molecular flexibility index (Phi) is 8.23. The second kappa shape index (κ2) is 11.1. The van der Waals surface area contributed by atoms with E-state index >= 15 is 0 Å². The van der Waals surface area contributed by atoms with Gasteiger partial charge >= 0.3 is 0 Å². The van der Waals surface area contributed by atoms with Gasteiger partial charge in [-0.15, -0.1) is 16.8 Å². The Balaban J connectivity index is 1.63. The van der Waals surface area contributed by atoms with Gasteiger partial charge in [0, 0.05) is 17.1 Å². The Labute approximate surface area is 195 Å². The van der Waals surface area contributed by atoms with Crippen LogP contribution in [0.1, 0.15) is 5.82 Å². The van der Waals surface area contributed by atoms with Crippen molar-refractivity contribution in [3.05, 3.63) is 71.0 Å². The number of nitrogens with zero attached hydrogens (tertiary/aromatic N) is 3. The zero-order chi connectivity index (χ0) is 23.1. The summed E-state index contributed by atoms with van der Waals surface area (Å²) in [5.41, 5.74) is -0.127. The standard InChI is InChI=1S/C21H19BrF2N4O3S/c1-3-8-28-18(11-31-15-6-4-14(30-2)5-7-15)26-27-21(28)32-12-19(29)25-20-16(22)9-13(23)10-17(20)24/h3-7,9-10H,1,8,11-12H2,2H3,(H,25,29). The zero-order valence-corrected chi connectivity index (χ0v) is 19.4. The van der Waals surface area contributed by atoms with Crippen LogP contribution in [0.25, 0.3) is 0 Å². The first-order chi connectivity index (χ1) is 15.4. The lowest BCUT2D eigenvalue weighted by Crippen LogP contribution is -2.16. The number of allylic oxidation sites excluding steroid dienone is 1. The third-order valence-corrected chi connectivity index (χ3v) is 5.73. The maximum atomic E-state index is 13.9. The smallest absolute Gasteiger partial charge is 0.234 e. The number of halogens is 3. The third kappa shape index (κ3) is 6.07. The number of benzene rings is 2. The molecule has 0 aliphatic carbocycles. The summed E-state index contributed by atoms with van der Waals surface area (Å²) in [5, 5.41) is 11.2. The van der Waals surface area contributed by atoms with Gasteiger partial charge in [-0.1, -0.05) is 17.8 Å². The van der Waals surface area contributed by atoms with Gasteiger partial charge in [0.15, 0.2) is 16.8 Å². The predicted octanol–water partition coefficient (Wildman–Crippen LogP) is 4.82. The van der Waals surface area contributed by atoms with Gasteiger partial charge in [0.1, 0.15) is 23.9 Å². The van der Waals surface area contributed by atoms with Crippen LogP contribution in [-0.2, 0) is 17.9 Å². The van der Waals surface area contributed by atoms with Crippen molar-refractivity contribution in [1.82, 2.24) is 14.8 Å². The van der Waals surface area contributed by atoms with E-state index in [1.165, 1.54) is 0 Å². The van der Waals surface area contributed by atoms with Crippen LogP contribution >= 0.6 is 27.7 Å². The Hall–Kier alpha value is -2.92. The summed E-state index contributed by atoms with van der Waals surface area (Å²) in [6, 6.07) is 8.89. The summed E-state index contributed by atoms with van der Waals surface area (Å²) in [6.45, 7) is 4.31. The zero-order valence-electron chi connectivity index (χ0n) is 17.0. The topological polar surface area (TPSA) is 78.3 Å². The van der Waals surface area contributed by atoms with Crippen molar-refractivity contribution in [2.75, 3.05) is 18.2 Å². The molecule has 1 aromatic heterocycles. The lowest BCUT2D eigenvalue weighted by Gasteiger charge is -2.10. The van der Waals surface area contributed by atoms with Crippen LogP contribution in [0.3, 0.4) is 0 Å². The normalized spacial score (nSPS) is 10.6. The molecule has 0 bridgehead atoms. The lowest BCUT2D eigenvalue weighted by atomic mass is 10.3. The molecule has 3 rings (SSSR count). The number of aromatic nitrogens is 3. The van der Waals surface area contributed by atoms with Gasteiger partial charge in [0.25, 0.3) is 0 Å². The minimum atomic E-state index is -0.872. The molecular formula is C21H19BrF2N4O3S. The van der Waals surface area contributed by atoms with Gasteiger partial charge in [-0.3, -0.25) is 9.36 Å². The van der Waals surface area contributed by atoms with Crippen LogP contribution < -0.4 is 14.8 Å². The largest absolute Gasteiger partial charge is 0.497 e. The van der Waals surface area contributed by atoms with E-state index in [1.807, 2.05) is 0 Å². The van der Waals surface area contributed by atoms with E-state index in [0.29, 0.717) is 29.3 Å². The average molecular weight is 525 g/mol. The summed E-state index contributed by atoms with van der Waals surface area (Å²) in [6.07, 6.45) is 1.68. The molecule has 0 fully saturated rings. The van der Waals surface area contributed by atoms with Crippen molar-refractivity contribution in [3.8, 4) is 11.5 Å². The minimum Gasteiger partial charge on any atom is -0.497 e. The van der Waals surface area contributed by atoms with E-state index in [2.05, 4.69) is 38.0 Å².